The van der Waals surface area contributed by atoms with E-state index in [-0.39, 0.29) is 0 Å². The van der Waals surface area contributed by atoms with E-state index in [0.29, 0.717) is 5.89 Å². The van der Waals surface area contributed by atoms with Crippen LogP contribution in [0.4, 0.5) is 0 Å². The van der Waals surface area contributed by atoms with Crippen molar-refractivity contribution in [2.24, 2.45) is 0 Å². The van der Waals surface area contributed by atoms with Gasteiger partial charge in [0.25, 0.3) is 0 Å². The zero-order chi connectivity index (χ0) is 11.4. The molecule has 0 aliphatic heterocycles. The molecule has 2 aromatic rings. The highest BCUT2D eigenvalue weighted by Crippen LogP contribution is 2.23. The second-order valence-electron chi connectivity index (χ2n) is 3.71. The quantitative estimate of drug-likeness (QED) is 0.787. The Bertz CT molecular complexity index is 445. The number of rotatable bonds is 5. The largest absolute Gasteiger partial charge is 0.469 e. The van der Waals surface area contributed by atoms with Crippen molar-refractivity contribution >= 4 is 0 Å². The van der Waals surface area contributed by atoms with Crippen LogP contribution in [0.1, 0.15) is 24.8 Å². The minimum atomic E-state index is 0.625. The lowest BCUT2D eigenvalue weighted by molar-refractivity contribution is 0.529. The number of nitrogens with zero attached hydrogens (tertiary/aromatic N) is 1. The first-order valence-corrected chi connectivity index (χ1v) is 5.51. The molecule has 0 bridgehead atoms. The van der Waals surface area contributed by atoms with Crippen molar-refractivity contribution in [3.8, 4) is 11.5 Å². The number of aryl methyl sites for hydroxylation is 1. The standard InChI is InChI=1S/C12H16N2O2/c1-3-5-13-7-10-8-16-12(14-10)11-4-6-15-9(11)2/h4,6,8,13H,3,5,7H2,1-2H3. The molecule has 2 aromatic heterocycles. The number of hydrogen-bond acceptors (Lipinski definition) is 4. The molecule has 0 radical (unpaired) electrons. The first-order valence-electron chi connectivity index (χ1n) is 5.51. The van der Waals surface area contributed by atoms with E-state index >= 15 is 0 Å². The van der Waals surface area contributed by atoms with Crippen molar-refractivity contribution in [3.63, 3.8) is 0 Å². The van der Waals surface area contributed by atoms with Gasteiger partial charge in [-0.1, -0.05) is 6.92 Å². The van der Waals surface area contributed by atoms with Crippen LogP contribution in [0.25, 0.3) is 11.5 Å². The maximum Gasteiger partial charge on any atom is 0.229 e. The predicted molar refractivity (Wildman–Crippen MR) is 60.9 cm³/mol. The highest BCUT2D eigenvalue weighted by atomic mass is 16.4. The minimum absolute atomic E-state index is 0.625. The summed E-state index contributed by atoms with van der Waals surface area (Å²) in [6.07, 6.45) is 4.44. The first-order chi connectivity index (χ1) is 7.81. The lowest BCUT2D eigenvalue weighted by Crippen LogP contribution is -2.13. The summed E-state index contributed by atoms with van der Waals surface area (Å²) in [5.74, 6) is 1.45. The van der Waals surface area contributed by atoms with E-state index in [2.05, 4.69) is 17.2 Å². The Morgan fingerprint density at radius 2 is 2.25 bits per heavy atom. The summed E-state index contributed by atoms with van der Waals surface area (Å²) < 4.78 is 10.6. The molecule has 1 N–H and O–H groups in total. The van der Waals surface area contributed by atoms with Gasteiger partial charge in [0, 0.05) is 6.54 Å². The molecule has 0 aromatic carbocycles. The third-order valence-electron chi connectivity index (χ3n) is 2.37. The van der Waals surface area contributed by atoms with E-state index in [0.717, 1.165) is 36.5 Å². The van der Waals surface area contributed by atoms with Crippen LogP contribution in [0.2, 0.25) is 0 Å². The van der Waals surface area contributed by atoms with Gasteiger partial charge in [0.05, 0.1) is 17.5 Å². The first kappa shape index (κ1) is 11.0. The Morgan fingerprint density at radius 1 is 1.38 bits per heavy atom. The minimum Gasteiger partial charge on any atom is -0.469 e. The Morgan fingerprint density at radius 3 is 2.94 bits per heavy atom. The van der Waals surface area contributed by atoms with Crippen molar-refractivity contribution in [2.75, 3.05) is 6.54 Å². The number of oxazole rings is 1. The second kappa shape index (κ2) is 4.99. The topological polar surface area (TPSA) is 51.2 Å². The highest BCUT2D eigenvalue weighted by Gasteiger charge is 2.10. The van der Waals surface area contributed by atoms with Crippen LogP contribution in [0, 0.1) is 6.92 Å². The summed E-state index contributed by atoms with van der Waals surface area (Å²) in [6, 6.07) is 1.87. The van der Waals surface area contributed by atoms with Gasteiger partial charge in [-0.15, -0.1) is 0 Å². The van der Waals surface area contributed by atoms with Crippen LogP contribution >= 0.6 is 0 Å². The van der Waals surface area contributed by atoms with E-state index in [1.807, 2.05) is 13.0 Å². The SMILES string of the molecule is CCCNCc1coc(-c2ccoc2C)n1. The molecule has 0 aliphatic carbocycles. The van der Waals surface area contributed by atoms with E-state index in [9.17, 15) is 0 Å². The highest BCUT2D eigenvalue weighted by molar-refractivity contribution is 5.55. The Balaban J connectivity index is 2.05. The molecule has 0 atom stereocenters. The fraction of sp³-hybridized carbons (Fsp3) is 0.417. The van der Waals surface area contributed by atoms with Crippen molar-refractivity contribution in [3.05, 3.63) is 30.0 Å². The summed E-state index contributed by atoms with van der Waals surface area (Å²) in [5.41, 5.74) is 1.84. The number of aromatic nitrogens is 1. The van der Waals surface area contributed by atoms with Gasteiger partial charge in [-0.3, -0.25) is 0 Å². The summed E-state index contributed by atoms with van der Waals surface area (Å²) in [7, 11) is 0. The van der Waals surface area contributed by atoms with Crippen molar-refractivity contribution in [1.82, 2.24) is 10.3 Å². The zero-order valence-corrected chi connectivity index (χ0v) is 9.62. The molecule has 86 valence electrons. The average Bonchev–Trinajstić information content (AvgIpc) is 2.87. The van der Waals surface area contributed by atoms with Gasteiger partial charge in [0.15, 0.2) is 0 Å². The second-order valence-corrected chi connectivity index (χ2v) is 3.71. The molecule has 16 heavy (non-hydrogen) atoms. The van der Waals surface area contributed by atoms with E-state index in [1.54, 1.807) is 12.5 Å². The van der Waals surface area contributed by atoms with Crippen LogP contribution in [0.3, 0.4) is 0 Å². The molecule has 0 unspecified atom stereocenters. The van der Waals surface area contributed by atoms with E-state index < -0.39 is 0 Å². The van der Waals surface area contributed by atoms with Gasteiger partial charge in [-0.2, -0.15) is 0 Å². The predicted octanol–water partition coefficient (Wildman–Crippen LogP) is 2.74. The summed E-state index contributed by atoms with van der Waals surface area (Å²) >= 11 is 0. The molecule has 0 saturated carbocycles. The number of nitrogens with one attached hydrogen (secondary N) is 1. The Hall–Kier alpha value is -1.55. The summed E-state index contributed by atoms with van der Waals surface area (Å²) in [5, 5.41) is 3.28. The van der Waals surface area contributed by atoms with Crippen molar-refractivity contribution in [1.29, 1.82) is 0 Å². The average molecular weight is 220 g/mol. The lowest BCUT2D eigenvalue weighted by atomic mass is 10.2. The van der Waals surface area contributed by atoms with Gasteiger partial charge in [-0.25, -0.2) is 4.98 Å². The summed E-state index contributed by atoms with van der Waals surface area (Å²) in [4.78, 5) is 4.40. The van der Waals surface area contributed by atoms with Crippen molar-refractivity contribution < 1.29 is 8.83 Å². The van der Waals surface area contributed by atoms with Crippen LogP contribution in [-0.4, -0.2) is 11.5 Å². The fourth-order valence-electron chi connectivity index (χ4n) is 1.51. The molecule has 0 amide bonds. The molecular weight excluding hydrogens is 204 g/mol. The molecule has 4 heteroatoms. The third-order valence-corrected chi connectivity index (χ3v) is 2.37. The Labute approximate surface area is 94.7 Å². The van der Waals surface area contributed by atoms with Crippen LogP contribution in [0.15, 0.2) is 27.4 Å². The molecule has 2 rings (SSSR count). The molecule has 0 aliphatic rings. The third kappa shape index (κ3) is 2.33. The molecule has 0 saturated heterocycles. The fourth-order valence-corrected chi connectivity index (χ4v) is 1.51. The smallest absolute Gasteiger partial charge is 0.229 e. The monoisotopic (exact) mass is 220 g/mol. The van der Waals surface area contributed by atoms with Crippen LogP contribution < -0.4 is 5.32 Å². The zero-order valence-electron chi connectivity index (χ0n) is 9.62. The van der Waals surface area contributed by atoms with Gasteiger partial charge in [0.2, 0.25) is 5.89 Å². The van der Waals surface area contributed by atoms with Crippen LogP contribution in [0.5, 0.6) is 0 Å². The van der Waals surface area contributed by atoms with Gasteiger partial charge >= 0.3 is 0 Å². The molecular formula is C12H16N2O2. The van der Waals surface area contributed by atoms with Crippen LogP contribution in [-0.2, 0) is 6.54 Å². The van der Waals surface area contributed by atoms with E-state index in [1.165, 1.54) is 0 Å². The number of hydrogen-bond donors (Lipinski definition) is 1. The van der Waals surface area contributed by atoms with Gasteiger partial charge < -0.3 is 14.2 Å². The van der Waals surface area contributed by atoms with Gasteiger partial charge in [0.1, 0.15) is 12.0 Å². The molecule has 0 fully saturated rings. The Kier molecular flexibility index (Phi) is 3.41. The summed E-state index contributed by atoms with van der Waals surface area (Å²) in [6.45, 7) is 5.77. The maximum atomic E-state index is 5.41. The molecule has 4 nitrogen and oxygen atoms in total. The lowest BCUT2D eigenvalue weighted by Gasteiger charge is -1.97. The normalized spacial score (nSPS) is 10.9. The maximum absolute atomic E-state index is 5.41. The number of furan rings is 1. The van der Waals surface area contributed by atoms with Crippen molar-refractivity contribution in [2.45, 2.75) is 26.8 Å². The van der Waals surface area contributed by atoms with Gasteiger partial charge in [-0.05, 0) is 26.0 Å². The molecule has 0 spiro atoms. The molecule has 2 heterocycles. The van der Waals surface area contributed by atoms with E-state index in [4.69, 9.17) is 8.83 Å².